The fraction of sp³-hybridized carbons (Fsp3) is 0.357. The summed E-state index contributed by atoms with van der Waals surface area (Å²) in [6.07, 6.45) is 0.564. The molecule has 6 heteroatoms. The molecule has 1 aromatic carbocycles. The van der Waals surface area contributed by atoms with Crippen molar-refractivity contribution >= 4 is 29.1 Å². The molecule has 0 aliphatic carbocycles. The van der Waals surface area contributed by atoms with E-state index in [0.29, 0.717) is 11.4 Å². The molecule has 1 atom stereocenters. The maximum atomic E-state index is 12.3. The number of urea groups is 1. The fourth-order valence-electron chi connectivity index (χ4n) is 2.09. The largest absolute Gasteiger partial charge is 0.389 e. The van der Waals surface area contributed by atoms with Crippen LogP contribution in [0.1, 0.15) is 31.4 Å². The first-order valence-electron chi connectivity index (χ1n) is 6.40. The van der Waals surface area contributed by atoms with Crippen molar-refractivity contribution in [3.63, 3.8) is 0 Å². The number of carbonyl (C=O) groups excluding carboxylic acids is 2. The van der Waals surface area contributed by atoms with E-state index in [1.165, 1.54) is 4.90 Å². The quantitative estimate of drug-likeness (QED) is 0.652. The second-order valence-corrected chi connectivity index (χ2v) is 5.51. The molecule has 1 aliphatic rings. The SMILES string of the molecule is CCC1(C)NC(=O)N(Cc2ccc(C(N)=S)cc2)C1=O. The molecule has 0 spiro atoms. The molecule has 106 valence electrons. The molecule has 0 radical (unpaired) electrons. The molecule has 1 fully saturated rings. The number of imide groups is 1. The number of hydrogen-bond donors (Lipinski definition) is 2. The van der Waals surface area contributed by atoms with Crippen molar-refractivity contribution in [2.45, 2.75) is 32.4 Å². The monoisotopic (exact) mass is 291 g/mol. The number of nitrogens with one attached hydrogen (secondary N) is 1. The fourth-order valence-corrected chi connectivity index (χ4v) is 2.22. The minimum absolute atomic E-state index is 0.191. The van der Waals surface area contributed by atoms with Crippen molar-refractivity contribution in [1.82, 2.24) is 10.2 Å². The molecule has 0 bridgehead atoms. The Balaban J connectivity index is 2.16. The molecule has 3 N–H and O–H groups in total. The first-order chi connectivity index (χ1) is 9.37. The van der Waals surface area contributed by atoms with E-state index in [4.69, 9.17) is 18.0 Å². The Morgan fingerprint density at radius 2 is 1.95 bits per heavy atom. The van der Waals surface area contributed by atoms with Gasteiger partial charge in [-0.1, -0.05) is 43.4 Å². The molecular weight excluding hydrogens is 274 g/mol. The van der Waals surface area contributed by atoms with Gasteiger partial charge in [-0.3, -0.25) is 9.69 Å². The number of carbonyl (C=O) groups is 2. The van der Waals surface area contributed by atoms with Crippen molar-refractivity contribution in [2.75, 3.05) is 0 Å². The highest BCUT2D eigenvalue weighted by Gasteiger charge is 2.46. The van der Waals surface area contributed by atoms with Crippen LogP contribution in [-0.4, -0.2) is 27.4 Å². The van der Waals surface area contributed by atoms with Crippen molar-refractivity contribution in [3.8, 4) is 0 Å². The van der Waals surface area contributed by atoms with Crippen LogP contribution >= 0.6 is 12.2 Å². The summed E-state index contributed by atoms with van der Waals surface area (Å²) in [7, 11) is 0. The van der Waals surface area contributed by atoms with Crippen molar-refractivity contribution in [1.29, 1.82) is 0 Å². The molecule has 1 unspecified atom stereocenters. The Morgan fingerprint density at radius 1 is 1.35 bits per heavy atom. The average Bonchev–Trinajstić information content (AvgIpc) is 2.64. The first kappa shape index (κ1) is 14.5. The van der Waals surface area contributed by atoms with E-state index in [9.17, 15) is 9.59 Å². The normalized spacial score (nSPS) is 22.0. The lowest BCUT2D eigenvalue weighted by molar-refractivity contribution is -0.131. The summed E-state index contributed by atoms with van der Waals surface area (Å²) in [6, 6.07) is 6.86. The predicted molar refractivity (Wildman–Crippen MR) is 80.1 cm³/mol. The summed E-state index contributed by atoms with van der Waals surface area (Å²) in [5.74, 6) is -0.191. The number of nitrogens with two attached hydrogens (primary N) is 1. The summed E-state index contributed by atoms with van der Waals surface area (Å²) < 4.78 is 0. The van der Waals surface area contributed by atoms with E-state index in [1.807, 2.05) is 19.1 Å². The molecule has 3 amide bonds. The number of amides is 3. The summed E-state index contributed by atoms with van der Waals surface area (Å²) >= 11 is 4.88. The lowest BCUT2D eigenvalue weighted by Crippen LogP contribution is -2.43. The van der Waals surface area contributed by atoms with Gasteiger partial charge < -0.3 is 11.1 Å². The van der Waals surface area contributed by atoms with Crippen LogP contribution in [0.5, 0.6) is 0 Å². The van der Waals surface area contributed by atoms with Crippen LogP contribution in [0.3, 0.4) is 0 Å². The zero-order valence-corrected chi connectivity index (χ0v) is 12.3. The topological polar surface area (TPSA) is 75.4 Å². The van der Waals surface area contributed by atoms with E-state index in [1.54, 1.807) is 19.1 Å². The third-order valence-electron chi connectivity index (χ3n) is 3.63. The predicted octanol–water partition coefficient (Wildman–Crippen LogP) is 1.54. The maximum absolute atomic E-state index is 12.3. The summed E-state index contributed by atoms with van der Waals surface area (Å²) in [5.41, 5.74) is 6.35. The molecule has 0 aromatic heterocycles. The molecule has 0 saturated carbocycles. The highest BCUT2D eigenvalue weighted by Crippen LogP contribution is 2.22. The van der Waals surface area contributed by atoms with Crippen LogP contribution in [0.15, 0.2) is 24.3 Å². The van der Waals surface area contributed by atoms with Crippen LogP contribution in [0, 0.1) is 0 Å². The second kappa shape index (κ2) is 5.20. The smallest absolute Gasteiger partial charge is 0.325 e. The van der Waals surface area contributed by atoms with E-state index >= 15 is 0 Å². The molecule has 1 aliphatic heterocycles. The van der Waals surface area contributed by atoms with Gasteiger partial charge in [0, 0.05) is 5.56 Å². The van der Waals surface area contributed by atoms with Crippen LogP contribution in [0.25, 0.3) is 0 Å². The molecule has 5 nitrogen and oxygen atoms in total. The Kier molecular flexibility index (Phi) is 3.76. The Hall–Kier alpha value is -1.95. The van der Waals surface area contributed by atoms with Gasteiger partial charge in [0.25, 0.3) is 5.91 Å². The first-order valence-corrected chi connectivity index (χ1v) is 6.81. The van der Waals surface area contributed by atoms with Gasteiger partial charge in [0.15, 0.2) is 0 Å². The van der Waals surface area contributed by atoms with Gasteiger partial charge in [0.1, 0.15) is 10.5 Å². The van der Waals surface area contributed by atoms with Crippen molar-refractivity contribution in [2.24, 2.45) is 5.73 Å². The summed E-state index contributed by atoms with van der Waals surface area (Å²) in [5, 5.41) is 2.73. The van der Waals surface area contributed by atoms with Gasteiger partial charge in [0.05, 0.1) is 6.54 Å². The average molecular weight is 291 g/mol. The molecule has 1 aromatic rings. The molecule has 1 saturated heterocycles. The van der Waals surface area contributed by atoms with Gasteiger partial charge in [-0.15, -0.1) is 0 Å². The van der Waals surface area contributed by atoms with Gasteiger partial charge >= 0.3 is 6.03 Å². The second-order valence-electron chi connectivity index (χ2n) is 5.07. The van der Waals surface area contributed by atoms with E-state index < -0.39 is 5.54 Å². The van der Waals surface area contributed by atoms with Crippen LogP contribution in [-0.2, 0) is 11.3 Å². The zero-order valence-electron chi connectivity index (χ0n) is 11.5. The van der Waals surface area contributed by atoms with Crippen LogP contribution < -0.4 is 11.1 Å². The van der Waals surface area contributed by atoms with Gasteiger partial charge in [-0.2, -0.15) is 0 Å². The highest BCUT2D eigenvalue weighted by molar-refractivity contribution is 7.80. The standard InChI is InChI=1S/C14H17N3O2S/c1-3-14(2)12(18)17(13(19)16-14)8-9-4-6-10(7-5-9)11(15)20/h4-7H,3,8H2,1-2H3,(H2,15,20)(H,16,19). The third-order valence-corrected chi connectivity index (χ3v) is 3.87. The lowest BCUT2D eigenvalue weighted by Gasteiger charge is -2.19. The molecule has 1 heterocycles. The van der Waals surface area contributed by atoms with Crippen molar-refractivity contribution < 1.29 is 9.59 Å². The number of nitrogens with zero attached hydrogens (tertiary/aromatic N) is 1. The zero-order chi connectivity index (χ0) is 14.9. The van der Waals surface area contributed by atoms with Gasteiger partial charge in [-0.05, 0) is 18.9 Å². The highest BCUT2D eigenvalue weighted by atomic mass is 32.1. The van der Waals surface area contributed by atoms with Gasteiger partial charge in [-0.25, -0.2) is 4.79 Å². The summed E-state index contributed by atoms with van der Waals surface area (Å²) in [4.78, 5) is 25.7. The number of hydrogen-bond acceptors (Lipinski definition) is 3. The Labute approximate surface area is 123 Å². The Bertz CT molecular complexity index is 570. The lowest BCUT2D eigenvalue weighted by atomic mass is 9.99. The van der Waals surface area contributed by atoms with E-state index in [-0.39, 0.29) is 18.5 Å². The van der Waals surface area contributed by atoms with Crippen LogP contribution in [0.4, 0.5) is 4.79 Å². The Morgan fingerprint density at radius 3 is 2.40 bits per heavy atom. The van der Waals surface area contributed by atoms with E-state index in [2.05, 4.69) is 5.32 Å². The minimum Gasteiger partial charge on any atom is -0.389 e. The van der Waals surface area contributed by atoms with Crippen LogP contribution in [0.2, 0.25) is 0 Å². The van der Waals surface area contributed by atoms with E-state index in [0.717, 1.165) is 11.1 Å². The minimum atomic E-state index is -0.796. The third kappa shape index (κ3) is 2.51. The molecular formula is C14H17N3O2S. The molecule has 20 heavy (non-hydrogen) atoms. The maximum Gasteiger partial charge on any atom is 0.325 e. The number of rotatable bonds is 4. The summed E-state index contributed by atoms with van der Waals surface area (Å²) in [6.45, 7) is 3.86. The molecule has 2 rings (SSSR count). The van der Waals surface area contributed by atoms with Gasteiger partial charge in [0.2, 0.25) is 0 Å². The van der Waals surface area contributed by atoms with Crippen molar-refractivity contribution in [3.05, 3.63) is 35.4 Å². The number of benzene rings is 1. The number of thiocarbonyl (C=S) groups is 1.